The number of anilines is 2. The van der Waals surface area contributed by atoms with E-state index in [1.165, 1.54) is 4.90 Å². The maximum atomic E-state index is 12.1. The zero-order chi connectivity index (χ0) is 34.6. The Bertz CT molecular complexity index is 1330. The number of benzene rings is 2. The fourth-order valence-corrected chi connectivity index (χ4v) is 7.99. The molecule has 2 atom stereocenters. The highest BCUT2D eigenvalue weighted by molar-refractivity contribution is 7.99. The Morgan fingerprint density at radius 1 is 0.833 bits per heavy atom. The van der Waals surface area contributed by atoms with Crippen molar-refractivity contribution in [3.05, 3.63) is 47.5 Å². The van der Waals surface area contributed by atoms with Crippen LogP contribution in [0.4, 0.5) is 11.4 Å². The van der Waals surface area contributed by atoms with E-state index in [2.05, 4.69) is 46.7 Å². The first kappa shape index (κ1) is 38.6. The van der Waals surface area contributed by atoms with Crippen molar-refractivity contribution >= 4 is 61.3 Å². The van der Waals surface area contributed by atoms with Gasteiger partial charge in [-0.25, -0.2) is 4.79 Å². The Balaban J connectivity index is 0.000000224. The number of carbonyl (C=O) groups is 2. The van der Waals surface area contributed by atoms with Gasteiger partial charge in [-0.05, 0) is 69.2 Å². The summed E-state index contributed by atoms with van der Waals surface area (Å²) in [5.41, 5.74) is 4.08. The topological polar surface area (TPSA) is 109 Å². The van der Waals surface area contributed by atoms with Gasteiger partial charge in [0, 0.05) is 79.1 Å². The lowest BCUT2D eigenvalue weighted by molar-refractivity contribution is -0.144. The second-order valence-electron chi connectivity index (χ2n) is 12.2. The van der Waals surface area contributed by atoms with Crippen LogP contribution in [0.5, 0.6) is 0 Å². The predicted molar refractivity (Wildman–Crippen MR) is 200 cm³/mol. The van der Waals surface area contributed by atoms with Gasteiger partial charge in [0.05, 0.1) is 12.2 Å². The lowest BCUT2D eigenvalue weighted by Gasteiger charge is -2.37. The van der Waals surface area contributed by atoms with Crippen molar-refractivity contribution in [1.29, 1.82) is 0 Å². The SMILES string of the molecule is CCCSc1cccc(N2CCN(B(C)O)CC2)c1C1OC1C(=O)OCC.CCCSc1cccc(N2CCN(B(C)O)CC2)c1C=O. The summed E-state index contributed by atoms with van der Waals surface area (Å²) in [6, 6.07) is 12.4. The Morgan fingerprint density at radius 3 is 1.83 bits per heavy atom. The monoisotopic (exact) mass is 698 g/mol. The third-order valence-corrected chi connectivity index (χ3v) is 11.3. The van der Waals surface area contributed by atoms with Crippen molar-refractivity contribution in [2.24, 2.45) is 0 Å². The highest BCUT2D eigenvalue weighted by Gasteiger charge is 2.50. The summed E-state index contributed by atoms with van der Waals surface area (Å²) in [6.45, 7) is 16.7. The third kappa shape index (κ3) is 10.2. The normalized spacial score (nSPS) is 19.7. The second kappa shape index (κ2) is 19.3. The van der Waals surface area contributed by atoms with Crippen molar-refractivity contribution < 1.29 is 29.1 Å². The molecule has 48 heavy (non-hydrogen) atoms. The van der Waals surface area contributed by atoms with E-state index in [1.807, 2.05) is 48.5 Å². The average Bonchev–Trinajstić information content (AvgIpc) is 3.91. The largest absolute Gasteiger partial charge is 0.464 e. The van der Waals surface area contributed by atoms with E-state index in [-0.39, 0.29) is 12.1 Å². The van der Waals surface area contributed by atoms with Gasteiger partial charge < -0.3 is 38.9 Å². The molecule has 3 heterocycles. The lowest BCUT2D eigenvalue weighted by Crippen LogP contribution is -2.51. The van der Waals surface area contributed by atoms with E-state index in [9.17, 15) is 19.6 Å². The van der Waals surface area contributed by atoms with Crippen molar-refractivity contribution in [2.45, 2.75) is 69.3 Å². The third-order valence-electron chi connectivity index (χ3n) is 8.79. The molecule has 2 aromatic rings. The van der Waals surface area contributed by atoms with Gasteiger partial charge in [0.1, 0.15) is 6.10 Å². The van der Waals surface area contributed by atoms with E-state index >= 15 is 0 Å². The summed E-state index contributed by atoms with van der Waals surface area (Å²) in [7, 11) is -0.817. The van der Waals surface area contributed by atoms with Gasteiger partial charge in [0.2, 0.25) is 0 Å². The Hall–Kier alpha value is -2.19. The molecule has 0 saturated carbocycles. The summed E-state index contributed by atoms with van der Waals surface area (Å²) in [5.74, 6) is 1.78. The summed E-state index contributed by atoms with van der Waals surface area (Å²) in [6.07, 6.45) is 2.45. The van der Waals surface area contributed by atoms with Gasteiger partial charge >= 0.3 is 20.1 Å². The van der Waals surface area contributed by atoms with Crippen molar-refractivity contribution in [1.82, 2.24) is 9.62 Å². The number of carbonyl (C=O) groups excluding carboxylic acids is 2. The molecule has 5 rings (SSSR count). The van der Waals surface area contributed by atoms with Crippen LogP contribution in [0.25, 0.3) is 0 Å². The van der Waals surface area contributed by atoms with Crippen LogP contribution in [0.1, 0.15) is 55.6 Å². The Morgan fingerprint density at radius 2 is 1.33 bits per heavy atom. The van der Waals surface area contributed by atoms with Gasteiger partial charge in [0.25, 0.3) is 0 Å². The minimum absolute atomic E-state index is 0.227. The number of hydrogen-bond donors (Lipinski definition) is 2. The van der Waals surface area contributed by atoms with Gasteiger partial charge in [-0.15, -0.1) is 23.5 Å². The van der Waals surface area contributed by atoms with Crippen LogP contribution in [0.3, 0.4) is 0 Å². The van der Waals surface area contributed by atoms with Crippen LogP contribution in [0, 0.1) is 0 Å². The molecule has 2 unspecified atom stereocenters. The van der Waals surface area contributed by atoms with E-state index in [0.29, 0.717) is 6.61 Å². The van der Waals surface area contributed by atoms with E-state index < -0.39 is 20.2 Å². The molecule has 0 aliphatic carbocycles. The molecular weight excluding hydrogens is 646 g/mol. The smallest absolute Gasteiger partial charge is 0.376 e. The van der Waals surface area contributed by atoms with Crippen LogP contribution < -0.4 is 9.80 Å². The van der Waals surface area contributed by atoms with Crippen LogP contribution in [0.15, 0.2) is 46.2 Å². The van der Waals surface area contributed by atoms with Gasteiger partial charge in [-0.1, -0.05) is 26.0 Å². The Labute approximate surface area is 296 Å². The first-order chi connectivity index (χ1) is 23.2. The molecule has 14 heteroatoms. The number of piperazine rings is 2. The van der Waals surface area contributed by atoms with Gasteiger partial charge in [-0.3, -0.25) is 4.79 Å². The number of thioether (sulfide) groups is 2. The fourth-order valence-electron chi connectivity index (χ4n) is 6.11. The van der Waals surface area contributed by atoms with Crippen LogP contribution in [0.2, 0.25) is 13.6 Å². The maximum Gasteiger partial charge on any atom is 0.376 e. The van der Waals surface area contributed by atoms with E-state index in [4.69, 9.17) is 9.47 Å². The lowest BCUT2D eigenvalue weighted by atomic mass is 9.84. The number of epoxide rings is 1. The Kier molecular flexibility index (Phi) is 15.5. The molecule has 262 valence electrons. The molecule has 2 N–H and O–H groups in total. The van der Waals surface area contributed by atoms with Crippen LogP contribution in [-0.4, -0.2) is 123 Å². The van der Waals surface area contributed by atoms with E-state index in [1.54, 1.807) is 18.6 Å². The maximum absolute atomic E-state index is 12.1. The number of aldehydes is 1. The molecule has 0 aromatic heterocycles. The number of rotatable bonds is 14. The fraction of sp³-hybridized carbons (Fsp3) is 0.588. The summed E-state index contributed by atoms with van der Waals surface area (Å²) >= 11 is 3.56. The standard InChI is InChI=1S/C19H29BN2O4S.C15H23BN2O2S/c1-4-13-27-15-8-6-7-14(21-9-11-22(12-10-21)20(3)24)16(15)17-18(26-17)19(23)25-5-2;1-3-11-21-15-6-4-5-14(13(15)12-19)17-7-9-18(10-8-17)16(2)20/h6-8,17-18,24H,4-5,9-13H2,1-3H3;4-6,12,20H,3,7-11H2,1-2H3. The van der Waals surface area contributed by atoms with Crippen molar-refractivity contribution in [2.75, 3.05) is 80.3 Å². The molecule has 2 aromatic carbocycles. The first-order valence-electron chi connectivity index (χ1n) is 17.4. The minimum Gasteiger partial charge on any atom is -0.464 e. The number of hydrogen-bond acceptors (Lipinski definition) is 12. The van der Waals surface area contributed by atoms with Crippen LogP contribution in [-0.2, 0) is 14.3 Å². The molecule has 3 fully saturated rings. The quantitative estimate of drug-likeness (QED) is 0.0943. The first-order valence-corrected chi connectivity index (χ1v) is 19.3. The predicted octanol–water partition coefficient (Wildman–Crippen LogP) is 4.66. The molecule has 0 spiro atoms. The molecule has 0 radical (unpaired) electrons. The minimum atomic E-state index is -0.495. The number of ether oxygens (including phenoxy) is 2. The highest BCUT2D eigenvalue weighted by atomic mass is 32.2. The van der Waals surface area contributed by atoms with Gasteiger partial charge in [0.15, 0.2) is 12.4 Å². The average molecular weight is 699 g/mol. The van der Waals surface area contributed by atoms with Gasteiger partial charge in [-0.2, -0.15) is 0 Å². The van der Waals surface area contributed by atoms with Crippen molar-refractivity contribution in [3.63, 3.8) is 0 Å². The zero-order valence-electron chi connectivity index (χ0n) is 29.2. The number of nitrogens with zero attached hydrogens (tertiary/aromatic N) is 4. The highest BCUT2D eigenvalue weighted by Crippen LogP contribution is 2.48. The molecule has 3 aliphatic rings. The summed E-state index contributed by atoms with van der Waals surface area (Å²) < 4.78 is 10.9. The molecular formula is C34H52B2N4O6S2. The molecule has 3 saturated heterocycles. The number of esters is 1. The van der Waals surface area contributed by atoms with E-state index in [0.717, 1.165) is 110 Å². The molecule has 10 nitrogen and oxygen atoms in total. The molecule has 0 amide bonds. The molecule has 3 aliphatic heterocycles. The second-order valence-corrected chi connectivity index (χ2v) is 14.5. The summed E-state index contributed by atoms with van der Waals surface area (Å²) in [4.78, 5) is 34.6. The zero-order valence-corrected chi connectivity index (χ0v) is 30.8. The van der Waals surface area contributed by atoms with Crippen LogP contribution >= 0.6 is 23.5 Å². The van der Waals surface area contributed by atoms with Crippen molar-refractivity contribution in [3.8, 4) is 0 Å². The molecule has 0 bridgehead atoms. The summed E-state index contributed by atoms with van der Waals surface area (Å²) in [5, 5.41) is 19.4.